The van der Waals surface area contributed by atoms with Crippen LogP contribution in [0, 0.1) is 0 Å². The smallest absolute Gasteiger partial charge is 0.232 e. The van der Waals surface area contributed by atoms with Crippen molar-refractivity contribution < 1.29 is 9.84 Å². The van der Waals surface area contributed by atoms with Gasteiger partial charge in [-0.15, -0.1) is 0 Å². The molecule has 1 heterocycles. The van der Waals surface area contributed by atoms with Gasteiger partial charge < -0.3 is 9.84 Å². The van der Waals surface area contributed by atoms with Crippen molar-refractivity contribution in [2.75, 3.05) is 13.2 Å². The standard InChI is InChI=1S/C13H23N3O2/c1-10(2)16(11(3)4)5-6-18-13-8-14-7-12(9-17)15-13/h7-8,10-11,17H,5-6,9H2,1-4H3. The van der Waals surface area contributed by atoms with Crippen LogP contribution in [0.5, 0.6) is 5.88 Å². The van der Waals surface area contributed by atoms with Crippen LogP contribution in [-0.2, 0) is 6.61 Å². The minimum Gasteiger partial charge on any atom is -0.475 e. The van der Waals surface area contributed by atoms with E-state index in [1.54, 1.807) is 6.20 Å². The summed E-state index contributed by atoms with van der Waals surface area (Å²) in [5, 5.41) is 8.95. The monoisotopic (exact) mass is 253 g/mol. The molecule has 0 amide bonds. The van der Waals surface area contributed by atoms with Crippen molar-refractivity contribution in [1.29, 1.82) is 0 Å². The van der Waals surface area contributed by atoms with E-state index >= 15 is 0 Å². The summed E-state index contributed by atoms with van der Waals surface area (Å²) < 4.78 is 5.55. The van der Waals surface area contributed by atoms with Crippen LogP contribution in [0.15, 0.2) is 12.4 Å². The summed E-state index contributed by atoms with van der Waals surface area (Å²) in [4.78, 5) is 10.4. The zero-order chi connectivity index (χ0) is 13.5. The number of ether oxygens (including phenoxy) is 1. The minimum atomic E-state index is -0.117. The molecule has 0 aromatic carbocycles. The third-order valence-corrected chi connectivity index (χ3v) is 2.75. The Labute approximate surface area is 109 Å². The molecule has 1 rings (SSSR count). The fourth-order valence-electron chi connectivity index (χ4n) is 1.90. The van der Waals surface area contributed by atoms with Crippen molar-refractivity contribution in [2.45, 2.75) is 46.4 Å². The molecule has 0 aliphatic heterocycles. The van der Waals surface area contributed by atoms with E-state index in [0.29, 0.717) is 30.3 Å². The van der Waals surface area contributed by atoms with E-state index in [2.05, 4.69) is 42.6 Å². The van der Waals surface area contributed by atoms with Gasteiger partial charge in [0, 0.05) is 18.6 Å². The van der Waals surface area contributed by atoms with Gasteiger partial charge in [-0.2, -0.15) is 0 Å². The molecule has 0 fully saturated rings. The maximum atomic E-state index is 8.95. The molecule has 0 saturated heterocycles. The fourth-order valence-corrected chi connectivity index (χ4v) is 1.90. The number of aromatic nitrogens is 2. The summed E-state index contributed by atoms with van der Waals surface area (Å²) in [6, 6.07) is 0.979. The van der Waals surface area contributed by atoms with Gasteiger partial charge >= 0.3 is 0 Å². The first-order valence-electron chi connectivity index (χ1n) is 6.35. The van der Waals surface area contributed by atoms with Gasteiger partial charge in [-0.05, 0) is 27.7 Å². The summed E-state index contributed by atoms with van der Waals surface area (Å²) in [5.41, 5.74) is 0.525. The normalized spacial score (nSPS) is 11.6. The van der Waals surface area contributed by atoms with Crippen LogP contribution >= 0.6 is 0 Å². The zero-order valence-electron chi connectivity index (χ0n) is 11.6. The molecule has 0 aliphatic rings. The average molecular weight is 253 g/mol. The molecule has 0 saturated carbocycles. The van der Waals surface area contributed by atoms with Gasteiger partial charge in [0.1, 0.15) is 6.61 Å². The number of aliphatic hydroxyl groups is 1. The van der Waals surface area contributed by atoms with Crippen molar-refractivity contribution in [3.8, 4) is 5.88 Å². The molecule has 0 bridgehead atoms. The van der Waals surface area contributed by atoms with Crippen molar-refractivity contribution >= 4 is 0 Å². The van der Waals surface area contributed by atoms with Gasteiger partial charge in [0.05, 0.1) is 24.7 Å². The highest BCUT2D eigenvalue weighted by Crippen LogP contribution is 2.07. The number of aliphatic hydroxyl groups excluding tert-OH is 1. The van der Waals surface area contributed by atoms with E-state index < -0.39 is 0 Å². The van der Waals surface area contributed by atoms with E-state index in [-0.39, 0.29) is 6.61 Å². The van der Waals surface area contributed by atoms with E-state index in [9.17, 15) is 0 Å². The lowest BCUT2D eigenvalue weighted by molar-refractivity contribution is 0.139. The second-order valence-corrected chi connectivity index (χ2v) is 4.78. The Kier molecular flexibility index (Phi) is 6.01. The summed E-state index contributed by atoms with van der Waals surface area (Å²) in [6.45, 7) is 9.99. The first-order chi connectivity index (χ1) is 8.54. The Morgan fingerprint density at radius 3 is 2.44 bits per heavy atom. The predicted molar refractivity (Wildman–Crippen MR) is 70.4 cm³/mol. The maximum absolute atomic E-state index is 8.95. The van der Waals surface area contributed by atoms with Gasteiger partial charge in [0.2, 0.25) is 5.88 Å². The van der Waals surface area contributed by atoms with E-state index in [1.165, 1.54) is 6.20 Å². The lowest BCUT2D eigenvalue weighted by Crippen LogP contribution is -2.39. The Balaban J connectivity index is 2.44. The third-order valence-electron chi connectivity index (χ3n) is 2.75. The Morgan fingerprint density at radius 2 is 1.89 bits per heavy atom. The van der Waals surface area contributed by atoms with Gasteiger partial charge in [-0.1, -0.05) is 0 Å². The molecule has 18 heavy (non-hydrogen) atoms. The lowest BCUT2D eigenvalue weighted by atomic mass is 10.2. The highest BCUT2D eigenvalue weighted by molar-refractivity contribution is 5.07. The van der Waals surface area contributed by atoms with Gasteiger partial charge in [0.15, 0.2) is 0 Å². The van der Waals surface area contributed by atoms with Crippen molar-refractivity contribution in [2.24, 2.45) is 0 Å². The number of rotatable bonds is 7. The molecule has 0 atom stereocenters. The molecule has 5 nitrogen and oxygen atoms in total. The second-order valence-electron chi connectivity index (χ2n) is 4.78. The van der Waals surface area contributed by atoms with Crippen molar-refractivity contribution in [3.63, 3.8) is 0 Å². The summed E-state index contributed by atoms with van der Waals surface area (Å²) >= 11 is 0. The first kappa shape index (κ1) is 14.9. The van der Waals surface area contributed by atoms with Crippen LogP contribution in [0.3, 0.4) is 0 Å². The number of hydrogen-bond acceptors (Lipinski definition) is 5. The van der Waals surface area contributed by atoms with Gasteiger partial charge in [-0.3, -0.25) is 9.88 Å². The van der Waals surface area contributed by atoms with Crippen LogP contribution in [0.2, 0.25) is 0 Å². The number of nitrogens with zero attached hydrogens (tertiary/aromatic N) is 3. The third kappa shape index (κ3) is 4.58. The van der Waals surface area contributed by atoms with Gasteiger partial charge in [-0.25, -0.2) is 4.98 Å². The molecule has 1 N–H and O–H groups in total. The van der Waals surface area contributed by atoms with Crippen LogP contribution in [0.4, 0.5) is 0 Å². The second kappa shape index (κ2) is 7.28. The summed E-state index contributed by atoms with van der Waals surface area (Å²) in [6.07, 6.45) is 3.09. The molecule has 5 heteroatoms. The van der Waals surface area contributed by atoms with Crippen LogP contribution in [0.1, 0.15) is 33.4 Å². The van der Waals surface area contributed by atoms with Crippen molar-refractivity contribution in [3.05, 3.63) is 18.1 Å². The lowest BCUT2D eigenvalue weighted by Gasteiger charge is -2.30. The van der Waals surface area contributed by atoms with E-state index in [0.717, 1.165) is 6.54 Å². The van der Waals surface area contributed by atoms with E-state index in [4.69, 9.17) is 9.84 Å². The highest BCUT2D eigenvalue weighted by atomic mass is 16.5. The molecule has 0 aliphatic carbocycles. The zero-order valence-corrected chi connectivity index (χ0v) is 11.6. The van der Waals surface area contributed by atoms with Crippen LogP contribution < -0.4 is 4.74 Å². The van der Waals surface area contributed by atoms with Crippen molar-refractivity contribution in [1.82, 2.24) is 14.9 Å². The molecule has 102 valence electrons. The Morgan fingerprint density at radius 1 is 1.22 bits per heavy atom. The fraction of sp³-hybridized carbons (Fsp3) is 0.692. The summed E-state index contributed by atoms with van der Waals surface area (Å²) in [7, 11) is 0. The SMILES string of the molecule is CC(C)N(CCOc1cncc(CO)n1)C(C)C. The largest absolute Gasteiger partial charge is 0.475 e. The van der Waals surface area contributed by atoms with Crippen LogP contribution in [-0.4, -0.2) is 45.2 Å². The van der Waals surface area contributed by atoms with Crippen LogP contribution in [0.25, 0.3) is 0 Å². The Bertz CT molecular complexity index is 348. The van der Waals surface area contributed by atoms with Gasteiger partial charge in [0.25, 0.3) is 0 Å². The molecular formula is C13H23N3O2. The predicted octanol–water partition coefficient (Wildman–Crippen LogP) is 1.47. The number of hydrogen-bond donors (Lipinski definition) is 1. The molecule has 1 aromatic rings. The molecule has 0 unspecified atom stereocenters. The van der Waals surface area contributed by atoms with E-state index in [1.807, 2.05) is 0 Å². The molecule has 0 radical (unpaired) electrons. The first-order valence-corrected chi connectivity index (χ1v) is 6.35. The highest BCUT2D eigenvalue weighted by Gasteiger charge is 2.13. The summed E-state index contributed by atoms with van der Waals surface area (Å²) in [5.74, 6) is 0.467. The molecule has 1 aromatic heterocycles. The maximum Gasteiger partial charge on any atom is 0.232 e. The molecular weight excluding hydrogens is 230 g/mol. The quantitative estimate of drug-likeness (QED) is 0.797. The Hall–Kier alpha value is -1.20. The average Bonchev–Trinajstić information content (AvgIpc) is 2.34. The topological polar surface area (TPSA) is 58.5 Å². The molecule has 0 spiro atoms. The minimum absolute atomic E-state index is 0.117.